The van der Waals surface area contributed by atoms with E-state index in [1.807, 2.05) is 20.8 Å². The molecule has 1 N–H and O–H groups in total. The molecular formula is C11H18ClN3O. The molecule has 1 rings (SSSR count). The number of nitrogens with one attached hydrogen (secondary N) is 1. The van der Waals surface area contributed by atoms with Gasteiger partial charge in [0.15, 0.2) is 0 Å². The molecule has 0 aromatic carbocycles. The van der Waals surface area contributed by atoms with Gasteiger partial charge >= 0.3 is 0 Å². The molecule has 5 heteroatoms. The van der Waals surface area contributed by atoms with Gasteiger partial charge in [-0.25, -0.2) is 0 Å². The molecule has 0 bridgehead atoms. The highest BCUT2D eigenvalue weighted by Crippen LogP contribution is 2.13. The lowest BCUT2D eigenvalue weighted by molar-refractivity contribution is 0.0902. The zero-order valence-electron chi connectivity index (χ0n) is 10.2. The van der Waals surface area contributed by atoms with Crippen molar-refractivity contribution in [1.82, 2.24) is 15.1 Å². The maximum Gasteiger partial charge on any atom is 0.270 e. The third-order valence-corrected chi connectivity index (χ3v) is 3.32. The zero-order chi connectivity index (χ0) is 12.3. The summed E-state index contributed by atoms with van der Waals surface area (Å²) in [4.78, 5) is 12.0. The molecule has 1 atom stereocenters. The van der Waals surface area contributed by atoms with E-state index in [0.717, 1.165) is 12.1 Å². The van der Waals surface area contributed by atoms with Gasteiger partial charge in [-0.05, 0) is 26.3 Å². The molecule has 0 spiro atoms. The molecule has 4 nitrogen and oxygen atoms in total. The van der Waals surface area contributed by atoms with Crippen LogP contribution in [0.2, 0.25) is 0 Å². The van der Waals surface area contributed by atoms with E-state index in [1.54, 1.807) is 17.8 Å². The second-order valence-electron chi connectivity index (χ2n) is 4.30. The van der Waals surface area contributed by atoms with Gasteiger partial charge in [0, 0.05) is 12.9 Å². The molecule has 0 radical (unpaired) electrons. The number of nitrogens with zero attached hydrogens (tertiary/aromatic N) is 2. The highest BCUT2D eigenvalue weighted by Gasteiger charge is 2.25. The highest BCUT2D eigenvalue weighted by molar-refractivity contribution is 6.18. The summed E-state index contributed by atoms with van der Waals surface area (Å²) in [6, 6.07) is 1.76. The van der Waals surface area contributed by atoms with E-state index in [9.17, 15) is 4.79 Å². The molecule has 1 heterocycles. The van der Waals surface area contributed by atoms with Crippen LogP contribution in [-0.4, -0.2) is 27.1 Å². The van der Waals surface area contributed by atoms with Gasteiger partial charge in [0.25, 0.3) is 5.91 Å². The van der Waals surface area contributed by atoms with Crippen molar-refractivity contribution in [3.8, 4) is 0 Å². The first-order chi connectivity index (χ1) is 7.41. The minimum Gasteiger partial charge on any atom is -0.344 e. The number of aromatic nitrogens is 2. The molecule has 16 heavy (non-hydrogen) atoms. The summed E-state index contributed by atoms with van der Waals surface area (Å²) < 4.78 is 1.58. The number of carbonyl (C=O) groups is 1. The number of amides is 1. The van der Waals surface area contributed by atoms with Crippen molar-refractivity contribution in [1.29, 1.82) is 0 Å². The van der Waals surface area contributed by atoms with Gasteiger partial charge in [0.2, 0.25) is 0 Å². The fourth-order valence-electron chi connectivity index (χ4n) is 1.38. The van der Waals surface area contributed by atoms with Crippen LogP contribution in [0.1, 0.15) is 36.5 Å². The molecule has 0 fully saturated rings. The lowest BCUT2D eigenvalue weighted by Gasteiger charge is -2.26. The Morgan fingerprint density at radius 2 is 2.31 bits per heavy atom. The first-order valence-electron chi connectivity index (χ1n) is 5.31. The van der Waals surface area contributed by atoms with Crippen molar-refractivity contribution in [3.05, 3.63) is 17.5 Å². The van der Waals surface area contributed by atoms with Gasteiger partial charge in [-0.15, -0.1) is 11.6 Å². The summed E-state index contributed by atoms with van der Waals surface area (Å²) in [6.07, 6.45) is 0.791. The Morgan fingerprint density at radius 3 is 2.69 bits per heavy atom. The SMILES string of the molecule is CCC(C)(CCl)NC(=O)c1cc(C)nn1C. The average molecular weight is 244 g/mol. The Hall–Kier alpha value is -1.03. The van der Waals surface area contributed by atoms with E-state index in [4.69, 9.17) is 11.6 Å². The quantitative estimate of drug-likeness (QED) is 0.821. The summed E-state index contributed by atoms with van der Waals surface area (Å²) in [6.45, 7) is 5.79. The van der Waals surface area contributed by atoms with Gasteiger partial charge in [-0.3, -0.25) is 9.48 Å². The fraction of sp³-hybridized carbons (Fsp3) is 0.636. The number of hydrogen-bond acceptors (Lipinski definition) is 2. The van der Waals surface area contributed by atoms with Crippen molar-refractivity contribution in [2.45, 2.75) is 32.7 Å². The molecule has 0 saturated heterocycles. The Bertz CT molecular complexity index is 383. The summed E-state index contributed by atoms with van der Waals surface area (Å²) in [5.74, 6) is 0.264. The van der Waals surface area contributed by atoms with Gasteiger partial charge in [-0.2, -0.15) is 5.10 Å². The predicted octanol–water partition coefficient (Wildman–Crippen LogP) is 1.87. The zero-order valence-corrected chi connectivity index (χ0v) is 10.9. The summed E-state index contributed by atoms with van der Waals surface area (Å²) in [7, 11) is 1.76. The van der Waals surface area contributed by atoms with Crippen LogP contribution in [-0.2, 0) is 7.05 Å². The molecule has 0 aliphatic rings. The third kappa shape index (κ3) is 2.76. The molecule has 90 valence electrons. The van der Waals surface area contributed by atoms with E-state index in [1.165, 1.54) is 0 Å². The van der Waals surface area contributed by atoms with Crippen LogP contribution in [0, 0.1) is 6.92 Å². The molecule has 1 amide bonds. The number of alkyl halides is 1. The summed E-state index contributed by atoms with van der Waals surface area (Å²) >= 11 is 5.85. The van der Waals surface area contributed by atoms with Crippen LogP contribution in [0.3, 0.4) is 0 Å². The average Bonchev–Trinajstić information content (AvgIpc) is 2.57. The molecule has 0 aliphatic carbocycles. The third-order valence-electron chi connectivity index (χ3n) is 2.73. The van der Waals surface area contributed by atoms with Crippen molar-refractivity contribution < 1.29 is 4.79 Å². The van der Waals surface area contributed by atoms with E-state index in [2.05, 4.69) is 10.4 Å². The minimum absolute atomic E-state index is 0.131. The van der Waals surface area contributed by atoms with Crippen molar-refractivity contribution in [2.24, 2.45) is 7.05 Å². The second kappa shape index (κ2) is 4.87. The van der Waals surface area contributed by atoms with Gasteiger partial charge in [-0.1, -0.05) is 6.92 Å². The number of hydrogen-bond donors (Lipinski definition) is 1. The Morgan fingerprint density at radius 1 is 1.69 bits per heavy atom. The standard InChI is InChI=1S/C11H18ClN3O/c1-5-11(3,7-12)13-10(16)9-6-8(2)14-15(9)4/h6H,5,7H2,1-4H3,(H,13,16). The maximum atomic E-state index is 12.0. The molecule has 0 aliphatic heterocycles. The van der Waals surface area contributed by atoms with E-state index in [-0.39, 0.29) is 11.4 Å². The van der Waals surface area contributed by atoms with Crippen LogP contribution in [0.15, 0.2) is 6.07 Å². The van der Waals surface area contributed by atoms with Crippen LogP contribution >= 0.6 is 11.6 Å². The molecule has 0 saturated carbocycles. The molecule has 1 unspecified atom stereocenters. The van der Waals surface area contributed by atoms with Crippen molar-refractivity contribution >= 4 is 17.5 Å². The minimum atomic E-state index is -0.364. The van der Waals surface area contributed by atoms with Crippen LogP contribution in [0.5, 0.6) is 0 Å². The fourth-order valence-corrected chi connectivity index (χ4v) is 1.63. The second-order valence-corrected chi connectivity index (χ2v) is 4.56. The lowest BCUT2D eigenvalue weighted by atomic mass is 10.0. The molecule has 1 aromatic heterocycles. The topological polar surface area (TPSA) is 46.9 Å². The van der Waals surface area contributed by atoms with Crippen molar-refractivity contribution in [3.63, 3.8) is 0 Å². The summed E-state index contributed by atoms with van der Waals surface area (Å²) in [5, 5.41) is 7.07. The van der Waals surface area contributed by atoms with E-state index < -0.39 is 0 Å². The number of halogens is 1. The Labute approximate surface area is 101 Å². The van der Waals surface area contributed by atoms with Crippen LogP contribution in [0.4, 0.5) is 0 Å². The smallest absolute Gasteiger partial charge is 0.270 e. The van der Waals surface area contributed by atoms with Crippen LogP contribution < -0.4 is 5.32 Å². The number of carbonyl (C=O) groups excluding carboxylic acids is 1. The maximum absolute atomic E-state index is 12.0. The normalized spacial score (nSPS) is 14.6. The van der Waals surface area contributed by atoms with E-state index in [0.29, 0.717) is 11.6 Å². The van der Waals surface area contributed by atoms with Crippen LogP contribution in [0.25, 0.3) is 0 Å². The van der Waals surface area contributed by atoms with Gasteiger partial charge in [0.1, 0.15) is 5.69 Å². The van der Waals surface area contributed by atoms with Crippen molar-refractivity contribution in [2.75, 3.05) is 5.88 Å². The highest BCUT2D eigenvalue weighted by atomic mass is 35.5. The Kier molecular flexibility index (Phi) is 3.97. The first-order valence-corrected chi connectivity index (χ1v) is 5.84. The number of rotatable bonds is 4. The summed E-state index contributed by atoms with van der Waals surface area (Å²) in [5.41, 5.74) is 1.02. The molecule has 1 aromatic rings. The van der Waals surface area contributed by atoms with Gasteiger partial charge in [0.05, 0.1) is 11.2 Å². The monoisotopic (exact) mass is 243 g/mol. The molecular weight excluding hydrogens is 226 g/mol. The predicted molar refractivity (Wildman–Crippen MR) is 64.8 cm³/mol. The number of aryl methyl sites for hydroxylation is 2. The Balaban J connectivity index is 2.84. The lowest BCUT2D eigenvalue weighted by Crippen LogP contribution is -2.47. The largest absolute Gasteiger partial charge is 0.344 e. The first kappa shape index (κ1) is 13.0. The van der Waals surface area contributed by atoms with E-state index >= 15 is 0 Å². The van der Waals surface area contributed by atoms with Gasteiger partial charge < -0.3 is 5.32 Å².